The van der Waals surface area contributed by atoms with Gasteiger partial charge in [-0.05, 0) is 77.1 Å². The van der Waals surface area contributed by atoms with E-state index in [0.29, 0.717) is 0 Å². The molecule has 0 radical (unpaired) electrons. The maximum Gasteiger partial charge on any atom is 0.119 e. The van der Waals surface area contributed by atoms with Gasteiger partial charge in [0.25, 0.3) is 0 Å². The number of ether oxygens (including phenoxy) is 2. The second kappa shape index (κ2) is 9.95. The first kappa shape index (κ1) is 23.2. The number of aliphatic hydroxyl groups is 2. The van der Waals surface area contributed by atoms with E-state index in [-0.39, 0.29) is 19.1 Å². The predicted octanol–water partition coefficient (Wildman–Crippen LogP) is 6.03. The molecule has 4 heteroatoms. The maximum absolute atomic E-state index is 9.53. The van der Waals surface area contributed by atoms with E-state index >= 15 is 0 Å². The summed E-state index contributed by atoms with van der Waals surface area (Å²) in [5.41, 5.74) is 8.63. The molecule has 4 nitrogen and oxygen atoms in total. The van der Waals surface area contributed by atoms with Gasteiger partial charge in [0.2, 0.25) is 0 Å². The van der Waals surface area contributed by atoms with Gasteiger partial charge in [0, 0.05) is 5.92 Å². The number of aliphatic hydroxyl groups excluding tert-OH is 2. The summed E-state index contributed by atoms with van der Waals surface area (Å²) in [5.74, 6) is 1.60. The van der Waals surface area contributed by atoms with E-state index in [9.17, 15) is 10.2 Å². The van der Waals surface area contributed by atoms with Crippen molar-refractivity contribution < 1.29 is 19.7 Å². The van der Waals surface area contributed by atoms with Crippen molar-refractivity contribution in [2.45, 2.75) is 32.0 Å². The van der Waals surface area contributed by atoms with Crippen molar-refractivity contribution in [3.8, 4) is 33.8 Å². The van der Waals surface area contributed by atoms with E-state index in [1.165, 1.54) is 33.4 Å². The van der Waals surface area contributed by atoms with Crippen molar-refractivity contribution >= 4 is 0 Å². The third kappa shape index (κ3) is 4.81. The second-order valence-corrected chi connectivity index (χ2v) is 9.20. The lowest BCUT2D eigenvalue weighted by atomic mass is 9.85. The zero-order valence-corrected chi connectivity index (χ0v) is 20.0. The molecular formula is C31H30O4. The smallest absolute Gasteiger partial charge is 0.119 e. The van der Waals surface area contributed by atoms with Crippen molar-refractivity contribution in [1.29, 1.82) is 0 Å². The van der Waals surface area contributed by atoms with Gasteiger partial charge < -0.3 is 19.7 Å². The van der Waals surface area contributed by atoms with E-state index in [2.05, 4.69) is 66.7 Å². The lowest BCUT2D eigenvalue weighted by Gasteiger charge is -2.19. The SMILES string of the molecule is CC(O)COc1ccc(-c2cccc3c2C(c2ccc(OCC(C)O)cc2)c2ccccc2-3)cc1. The lowest BCUT2D eigenvalue weighted by molar-refractivity contribution is 0.122. The molecule has 35 heavy (non-hydrogen) atoms. The van der Waals surface area contributed by atoms with Gasteiger partial charge in [-0.25, -0.2) is 0 Å². The summed E-state index contributed by atoms with van der Waals surface area (Å²) in [6.45, 7) is 3.98. The Morgan fingerprint density at radius 1 is 0.629 bits per heavy atom. The van der Waals surface area contributed by atoms with Crippen LogP contribution in [0.15, 0.2) is 91.0 Å². The lowest BCUT2D eigenvalue weighted by Crippen LogP contribution is -2.12. The Balaban J connectivity index is 1.54. The van der Waals surface area contributed by atoms with Gasteiger partial charge in [0.1, 0.15) is 24.7 Å². The van der Waals surface area contributed by atoms with Crippen molar-refractivity contribution in [1.82, 2.24) is 0 Å². The van der Waals surface area contributed by atoms with Crippen LogP contribution < -0.4 is 9.47 Å². The highest BCUT2D eigenvalue weighted by atomic mass is 16.5. The Morgan fingerprint density at radius 3 is 1.80 bits per heavy atom. The molecule has 4 aromatic rings. The molecule has 1 aliphatic carbocycles. The average Bonchev–Trinajstić information content (AvgIpc) is 3.21. The van der Waals surface area contributed by atoms with E-state index in [1.54, 1.807) is 13.8 Å². The van der Waals surface area contributed by atoms with Gasteiger partial charge >= 0.3 is 0 Å². The van der Waals surface area contributed by atoms with E-state index < -0.39 is 12.2 Å². The van der Waals surface area contributed by atoms with Crippen molar-refractivity contribution in [3.63, 3.8) is 0 Å². The number of rotatable bonds is 8. The van der Waals surface area contributed by atoms with Gasteiger partial charge in [0.15, 0.2) is 0 Å². The fraction of sp³-hybridized carbons (Fsp3) is 0.226. The molecular weight excluding hydrogens is 436 g/mol. The summed E-state index contributed by atoms with van der Waals surface area (Å²) >= 11 is 0. The highest BCUT2D eigenvalue weighted by molar-refractivity contribution is 5.88. The molecule has 0 heterocycles. The Morgan fingerprint density at radius 2 is 1.17 bits per heavy atom. The average molecular weight is 467 g/mol. The zero-order valence-electron chi connectivity index (χ0n) is 20.0. The van der Waals surface area contributed by atoms with Gasteiger partial charge in [-0.1, -0.05) is 66.7 Å². The Labute approximate surface area is 206 Å². The van der Waals surface area contributed by atoms with Gasteiger partial charge in [0.05, 0.1) is 12.2 Å². The summed E-state index contributed by atoms with van der Waals surface area (Å²) < 4.78 is 11.3. The molecule has 0 fully saturated rings. The standard InChI is InChI=1S/C31H30O4/c1-20(32)18-34-24-14-10-22(11-15-24)26-8-5-9-29-27-6-3-4-7-28(27)30(31(26)29)23-12-16-25(17-13-23)35-19-21(2)33/h3-17,20-21,30,32-33H,18-19H2,1-2H3. The van der Waals surface area contributed by atoms with Crippen molar-refractivity contribution in [2.75, 3.05) is 13.2 Å². The van der Waals surface area contributed by atoms with Crippen LogP contribution in [0.4, 0.5) is 0 Å². The fourth-order valence-electron chi connectivity index (χ4n) is 4.78. The predicted molar refractivity (Wildman–Crippen MR) is 139 cm³/mol. The molecule has 0 aliphatic heterocycles. The highest BCUT2D eigenvalue weighted by Gasteiger charge is 2.32. The first-order valence-corrected chi connectivity index (χ1v) is 12.1. The number of benzene rings is 4. The third-order valence-corrected chi connectivity index (χ3v) is 6.32. The van der Waals surface area contributed by atoms with Crippen LogP contribution in [0, 0.1) is 0 Å². The Hall–Kier alpha value is -3.60. The number of fused-ring (bicyclic) bond motifs is 3. The molecule has 2 N–H and O–H groups in total. The van der Waals surface area contributed by atoms with Crippen molar-refractivity contribution in [2.24, 2.45) is 0 Å². The number of hydrogen-bond acceptors (Lipinski definition) is 4. The molecule has 0 bridgehead atoms. The van der Waals surface area contributed by atoms with Crippen LogP contribution in [-0.4, -0.2) is 35.6 Å². The topological polar surface area (TPSA) is 58.9 Å². The first-order valence-electron chi connectivity index (χ1n) is 12.1. The summed E-state index contributed by atoms with van der Waals surface area (Å²) in [7, 11) is 0. The zero-order chi connectivity index (χ0) is 24.4. The Bertz CT molecular complexity index is 1290. The summed E-state index contributed by atoms with van der Waals surface area (Å²) in [5, 5.41) is 19.0. The van der Waals surface area contributed by atoms with Gasteiger partial charge in [-0.2, -0.15) is 0 Å². The largest absolute Gasteiger partial charge is 0.491 e. The molecule has 1 aliphatic rings. The van der Waals surface area contributed by atoms with Gasteiger partial charge in [-0.15, -0.1) is 0 Å². The summed E-state index contributed by atoms with van der Waals surface area (Å²) in [6, 6.07) is 31.4. The Kier molecular flexibility index (Phi) is 6.58. The van der Waals surface area contributed by atoms with Crippen LogP contribution in [0.1, 0.15) is 36.5 Å². The minimum absolute atomic E-state index is 0.106. The minimum atomic E-state index is -0.505. The van der Waals surface area contributed by atoms with Crippen LogP contribution in [0.5, 0.6) is 11.5 Å². The monoisotopic (exact) mass is 466 g/mol. The van der Waals surface area contributed by atoms with Crippen LogP contribution in [0.3, 0.4) is 0 Å². The normalized spacial score (nSPS) is 15.7. The molecule has 0 amide bonds. The van der Waals surface area contributed by atoms with Gasteiger partial charge in [-0.3, -0.25) is 0 Å². The molecule has 5 rings (SSSR count). The van der Waals surface area contributed by atoms with E-state index in [0.717, 1.165) is 17.1 Å². The molecule has 178 valence electrons. The molecule has 0 aromatic heterocycles. The van der Waals surface area contributed by atoms with Crippen LogP contribution in [0.25, 0.3) is 22.3 Å². The minimum Gasteiger partial charge on any atom is -0.491 e. The molecule has 3 unspecified atom stereocenters. The van der Waals surface area contributed by atoms with Crippen LogP contribution in [0.2, 0.25) is 0 Å². The number of hydrogen-bond donors (Lipinski definition) is 2. The quantitative estimate of drug-likeness (QED) is 0.293. The molecule has 0 spiro atoms. The van der Waals surface area contributed by atoms with Crippen LogP contribution >= 0.6 is 0 Å². The highest BCUT2D eigenvalue weighted by Crippen LogP contribution is 2.51. The third-order valence-electron chi connectivity index (χ3n) is 6.32. The molecule has 3 atom stereocenters. The molecule has 0 saturated heterocycles. The second-order valence-electron chi connectivity index (χ2n) is 9.20. The van der Waals surface area contributed by atoms with Crippen molar-refractivity contribution in [3.05, 3.63) is 108 Å². The summed E-state index contributed by atoms with van der Waals surface area (Å²) in [4.78, 5) is 0. The first-order chi connectivity index (χ1) is 17.0. The molecule has 0 saturated carbocycles. The summed E-state index contributed by atoms with van der Waals surface area (Å²) in [6.07, 6.45) is -1.01. The fourth-order valence-corrected chi connectivity index (χ4v) is 4.78. The maximum atomic E-state index is 9.53. The van der Waals surface area contributed by atoms with E-state index in [4.69, 9.17) is 9.47 Å². The molecule has 4 aromatic carbocycles. The van der Waals surface area contributed by atoms with E-state index in [1.807, 2.05) is 24.3 Å². The van der Waals surface area contributed by atoms with Crippen LogP contribution in [-0.2, 0) is 0 Å².